The maximum Gasteiger partial charge on any atom is 0.257 e. The highest BCUT2D eigenvalue weighted by Crippen LogP contribution is 2.36. The van der Waals surface area contributed by atoms with Gasteiger partial charge in [-0.15, -0.1) is 0 Å². The van der Waals surface area contributed by atoms with Crippen LogP contribution in [0.5, 0.6) is 0 Å². The molecule has 2 aromatic heterocycles. The number of fused-ring (bicyclic) bond motifs is 3. The zero-order valence-corrected chi connectivity index (χ0v) is 11.8. The van der Waals surface area contributed by atoms with Crippen molar-refractivity contribution >= 4 is 11.7 Å². The number of aryl methyl sites for hydroxylation is 1. The molecule has 2 atom stereocenters. The summed E-state index contributed by atoms with van der Waals surface area (Å²) in [6, 6.07) is 0.300. The Kier molecular flexibility index (Phi) is 2.72. The standard InChI is InChI=1S/C14H17N5O2/c1-8-12(6-15-14-16-7-17-19(8)14)13(21)18-9-2-3-10(18)5-11(20)4-9/h6-7,9-11,20H,2-5H2,1H3. The summed E-state index contributed by atoms with van der Waals surface area (Å²) < 4.78 is 1.59. The molecule has 7 nitrogen and oxygen atoms in total. The maximum absolute atomic E-state index is 12.9. The molecule has 4 heterocycles. The van der Waals surface area contributed by atoms with Crippen LogP contribution in [-0.4, -0.2) is 53.7 Å². The van der Waals surface area contributed by atoms with Crippen LogP contribution >= 0.6 is 0 Å². The van der Waals surface area contributed by atoms with Crippen LogP contribution in [0.2, 0.25) is 0 Å². The summed E-state index contributed by atoms with van der Waals surface area (Å²) in [5, 5.41) is 14.0. The van der Waals surface area contributed by atoms with E-state index in [1.807, 2.05) is 11.8 Å². The van der Waals surface area contributed by atoms with E-state index in [0.717, 1.165) is 18.5 Å². The fraction of sp³-hybridized carbons (Fsp3) is 0.571. The van der Waals surface area contributed by atoms with Crippen LogP contribution in [0.15, 0.2) is 12.5 Å². The molecular weight excluding hydrogens is 270 g/mol. The summed E-state index contributed by atoms with van der Waals surface area (Å²) in [6.07, 6.45) is 6.07. The Labute approximate surface area is 121 Å². The van der Waals surface area contributed by atoms with Gasteiger partial charge in [-0.05, 0) is 32.6 Å². The van der Waals surface area contributed by atoms with Crippen LogP contribution in [0.3, 0.4) is 0 Å². The summed E-state index contributed by atoms with van der Waals surface area (Å²) in [7, 11) is 0. The van der Waals surface area contributed by atoms with Crippen LogP contribution in [0.1, 0.15) is 41.7 Å². The first-order valence-electron chi connectivity index (χ1n) is 7.31. The maximum atomic E-state index is 12.9. The minimum absolute atomic E-state index is 0.00296. The smallest absolute Gasteiger partial charge is 0.257 e. The normalized spacial score (nSPS) is 28.3. The monoisotopic (exact) mass is 287 g/mol. The molecule has 0 radical (unpaired) electrons. The second kappa shape index (κ2) is 4.49. The molecule has 1 amide bonds. The Bertz CT molecular complexity index is 698. The van der Waals surface area contributed by atoms with Gasteiger partial charge in [-0.25, -0.2) is 9.50 Å². The zero-order valence-electron chi connectivity index (χ0n) is 11.8. The highest BCUT2D eigenvalue weighted by Gasteiger charge is 2.43. The van der Waals surface area contributed by atoms with Gasteiger partial charge in [0.05, 0.1) is 17.4 Å². The average molecular weight is 287 g/mol. The van der Waals surface area contributed by atoms with Gasteiger partial charge in [0.2, 0.25) is 0 Å². The number of nitrogens with zero attached hydrogens (tertiary/aromatic N) is 5. The SMILES string of the molecule is Cc1c(C(=O)N2C3CCC2CC(O)C3)cnc2ncnn12. The number of aliphatic hydroxyl groups excluding tert-OH is 1. The van der Waals surface area contributed by atoms with Crippen molar-refractivity contribution in [1.29, 1.82) is 0 Å². The molecule has 7 heteroatoms. The quantitative estimate of drug-likeness (QED) is 0.828. The number of piperidine rings is 1. The largest absolute Gasteiger partial charge is 0.393 e. The molecule has 2 unspecified atom stereocenters. The fourth-order valence-corrected chi connectivity index (χ4v) is 3.72. The van der Waals surface area contributed by atoms with Crippen molar-refractivity contribution in [2.45, 2.75) is 50.8 Å². The van der Waals surface area contributed by atoms with Crippen molar-refractivity contribution in [2.24, 2.45) is 0 Å². The van der Waals surface area contributed by atoms with Crippen molar-refractivity contribution < 1.29 is 9.90 Å². The molecule has 2 aliphatic heterocycles. The molecule has 0 spiro atoms. The van der Waals surface area contributed by atoms with E-state index in [9.17, 15) is 9.90 Å². The number of rotatable bonds is 1. The van der Waals surface area contributed by atoms with Crippen molar-refractivity contribution in [3.63, 3.8) is 0 Å². The van der Waals surface area contributed by atoms with Gasteiger partial charge in [0.25, 0.3) is 11.7 Å². The van der Waals surface area contributed by atoms with Crippen molar-refractivity contribution in [1.82, 2.24) is 24.5 Å². The molecule has 110 valence electrons. The van der Waals surface area contributed by atoms with Crippen LogP contribution < -0.4 is 0 Å². The van der Waals surface area contributed by atoms with Gasteiger partial charge in [-0.3, -0.25) is 4.79 Å². The van der Waals surface area contributed by atoms with E-state index in [4.69, 9.17) is 0 Å². The van der Waals surface area contributed by atoms with Crippen molar-refractivity contribution in [3.05, 3.63) is 23.8 Å². The highest BCUT2D eigenvalue weighted by molar-refractivity contribution is 5.95. The number of aromatic nitrogens is 4. The van der Waals surface area contributed by atoms with E-state index in [1.165, 1.54) is 6.33 Å². The first-order valence-corrected chi connectivity index (χ1v) is 7.31. The van der Waals surface area contributed by atoms with Gasteiger partial charge in [-0.1, -0.05) is 0 Å². The lowest BCUT2D eigenvalue weighted by Crippen LogP contribution is -2.48. The van der Waals surface area contributed by atoms with E-state index in [0.29, 0.717) is 24.2 Å². The Balaban J connectivity index is 1.72. The summed E-state index contributed by atoms with van der Waals surface area (Å²) in [5.74, 6) is 0.498. The highest BCUT2D eigenvalue weighted by atomic mass is 16.3. The third kappa shape index (κ3) is 1.84. The minimum Gasteiger partial charge on any atom is -0.393 e. The number of carbonyl (C=O) groups is 1. The first-order chi connectivity index (χ1) is 10.1. The third-order valence-electron chi connectivity index (χ3n) is 4.72. The van der Waals surface area contributed by atoms with Gasteiger partial charge in [-0.2, -0.15) is 10.1 Å². The van der Waals surface area contributed by atoms with E-state index < -0.39 is 0 Å². The average Bonchev–Trinajstić information content (AvgIpc) is 3.03. The summed E-state index contributed by atoms with van der Waals surface area (Å²) >= 11 is 0. The Morgan fingerprint density at radius 3 is 2.71 bits per heavy atom. The van der Waals surface area contributed by atoms with Crippen LogP contribution in [0.25, 0.3) is 5.78 Å². The van der Waals surface area contributed by atoms with E-state index in [-0.39, 0.29) is 24.1 Å². The van der Waals surface area contributed by atoms with E-state index >= 15 is 0 Å². The Morgan fingerprint density at radius 1 is 1.29 bits per heavy atom. The molecule has 2 aliphatic rings. The van der Waals surface area contributed by atoms with E-state index in [1.54, 1.807) is 10.7 Å². The minimum atomic E-state index is -0.274. The van der Waals surface area contributed by atoms with Gasteiger partial charge < -0.3 is 10.0 Å². The summed E-state index contributed by atoms with van der Waals surface area (Å²) in [4.78, 5) is 23.1. The molecule has 0 aliphatic carbocycles. The van der Waals surface area contributed by atoms with Crippen LogP contribution in [0, 0.1) is 6.92 Å². The lowest BCUT2D eigenvalue weighted by atomic mass is 9.99. The second-order valence-electron chi connectivity index (χ2n) is 5.95. The zero-order chi connectivity index (χ0) is 14.6. The van der Waals surface area contributed by atoms with Gasteiger partial charge >= 0.3 is 0 Å². The van der Waals surface area contributed by atoms with Crippen molar-refractivity contribution in [3.8, 4) is 0 Å². The molecule has 1 N–H and O–H groups in total. The lowest BCUT2D eigenvalue weighted by molar-refractivity contribution is 0.0285. The molecular formula is C14H17N5O2. The molecule has 2 fully saturated rings. The second-order valence-corrected chi connectivity index (χ2v) is 5.95. The van der Waals surface area contributed by atoms with Crippen LogP contribution in [-0.2, 0) is 0 Å². The number of carbonyl (C=O) groups excluding carboxylic acids is 1. The summed E-state index contributed by atoms with van der Waals surface area (Å²) in [6.45, 7) is 1.86. The lowest BCUT2D eigenvalue weighted by Gasteiger charge is -2.37. The molecule has 2 saturated heterocycles. The Morgan fingerprint density at radius 2 is 2.00 bits per heavy atom. The molecule has 2 aromatic rings. The van der Waals surface area contributed by atoms with Crippen molar-refractivity contribution in [2.75, 3.05) is 0 Å². The molecule has 0 saturated carbocycles. The first kappa shape index (κ1) is 12.7. The van der Waals surface area contributed by atoms with Gasteiger partial charge in [0.1, 0.15) is 6.33 Å². The topological polar surface area (TPSA) is 83.6 Å². The van der Waals surface area contributed by atoms with Gasteiger partial charge in [0, 0.05) is 18.3 Å². The molecule has 0 aromatic carbocycles. The fourth-order valence-electron chi connectivity index (χ4n) is 3.72. The van der Waals surface area contributed by atoms with E-state index in [2.05, 4.69) is 15.1 Å². The Hall–Kier alpha value is -2.02. The predicted octanol–water partition coefficient (Wildman–Crippen LogP) is 0.561. The van der Waals surface area contributed by atoms with Crippen LogP contribution in [0.4, 0.5) is 0 Å². The third-order valence-corrected chi connectivity index (χ3v) is 4.72. The summed E-state index contributed by atoms with van der Waals surface area (Å²) in [5.41, 5.74) is 1.33. The number of hydrogen-bond acceptors (Lipinski definition) is 5. The molecule has 4 rings (SSSR count). The predicted molar refractivity (Wildman–Crippen MR) is 73.7 cm³/mol. The molecule has 2 bridgehead atoms. The molecule has 21 heavy (non-hydrogen) atoms. The van der Waals surface area contributed by atoms with Gasteiger partial charge in [0.15, 0.2) is 0 Å². The number of hydrogen-bond donors (Lipinski definition) is 1. The number of aliphatic hydroxyl groups is 1. The number of amides is 1.